The van der Waals surface area contributed by atoms with Gasteiger partial charge in [-0.25, -0.2) is 4.98 Å². The lowest BCUT2D eigenvalue weighted by Crippen LogP contribution is -2.15. The number of halogens is 7. The summed E-state index contributed by atoms with van der Waals surface area (Å²) in [4.78, 5) is 2.52. The highest BCUT2D eigenvalue weighted by Crippen LogP contribution is 2.33. The van der Waals surface area contributed by atoms with Gasteiger partial charge in [0.25, 0.3) is 0 Å². The third kappa shape index (κ3) is 3.21. The highest BCUT2D eigenvalue weighted by atomic mass is 127. The maximum absolute atomic E-state index is 12.1. The molecule has 8 heteroatoms. The van der Waals surface area contributed by atoms with E-state index in [1.165, 1.54) is 22.6 Å². The summed E-state index contributed by atoms with van der Waals surface area (Å²) >= 11 is 1.37. The number of rotatable bonds is 0. The van der Waals surface area contributed by atoms with Gasteiger partial charge in [0, 0.05) is 3.57 Å². The van der Waals surface area contributed by atoms with Gasteiger partial charge < -0.3 is 0 Å². The zero-order valence-corrected chi connectivity index (χ0v) is 8.91. The number of alkyl halides is 6. The van der Waals surface area contributed by atoms with E-state index in [1.807, 2.05) is 0 Å². The molecule has 0 fully saturated rings. The number of aromatic nitrogens is 1. The maximum Gasteiger partial charge on any atom is 0.433 e. The molecule has 84 valence electrons. The predicted molar refractivity (Wildman–Crippen MR) is 47.0 cm³/mol. The topological polar surface area (TPSA) is 12.9 Å². The van der Waals surface area contributed by atoms with Crippen molar-refractivity contribution >= 4 is 22.6 Å². The summed E-state index contributed by atoms with van der Waals surface area (Å²) in [6.45, 7) is 0. The van der Waals surface area contributed by atoms with Crippen LogP contribution in [0.15, 0.2) is 12.1 Å². The Morgan fingerprint density at radius 2 is 1.20 bits per heavy atom. The van der Waals surface area contributed by atoms with Crippen molar-refractivity contribution in [2.75, 3.05) is 0 Å². The molecule has 0 bridgehead atoms. The van der Waals surface area contributed by atoms with Crippen LogP contribution in [-0.2, 0) is 12.4 Å². The Morgan fingerprint density at radius 1 is 0.867 bits per heavy atom. The minimum atomic E-state index is -4.87. The fraction of sp³-hybridized carbons (Fsp3) is 0.286. The van der Waals surface area contributed by atoms with Crippen LogP contribution in [0.1, 0.15) is 11.4 Å². The lowest BCUT2D eigenvalue weighted by molar-refractivity contribution is -0.150. The lowest BCUT2D eigenvalue weighted by Gasteiger charge is -2.10. The van der Waals surface area contributed by atoms with Crippen molar-refractivity contribution in [3.8, 4) is 0 Å². The van der Waals surface area contributed by atoms with E-state index < -0.39 is 23.7 Å². The normalized spacial score (nSPS) is 13.0. The molecule has 0 unspecified atom stereocenters. The number of pyridine rings is 1. The van der Waals surface area contributed by atoms with Gasteiger partial charge in [-0.1, -0.05) is 0 Å². The maximum atomic E-state index is 12.1. The minimum Gasteiger partial charge on any atom is -0.239 e. The molecule has 0 spiro atoms. The molecule has 0 saturated carbocycles. The smallest absolute Gasteiger partial charge is 0.239 e. The van der Waals surface area contributed by atoms with Crippen LogP contribution in [0.2, 0.25) is 0 Å². The molecule has 0 N–H and O–H groups in total. The molecule has 15 heavy (non-hydrogen) atoms. The van der Waals surface area contributed by atoms with Crippen LogP contribution in [0.4, 0.5) is 26.3 Å². The number of hydrogen-bond donors (Lipinski definition) is 0. The third-order valence-electron chi connectivity index (χ3n) is 1.37. The predicted octanol–water partition coefficient (Wildman–Crippen LogP) is 3.72. The van der Waals surface area contributed by atoms with Crippen molar-refractivity contribution < 1.29 is 26.3 Å². The van der Waals surface area contributed by atoms with Gasteiger partial charge in [0.1, 0.15) is 11.4 Å². The average Bonchev–Trinajstić information content (AvgIpc) is 1.99. The zero-order valence-electron chi connectivity index (χ0n) is 6.75. The highest BCUT2D eigenvalue weighted by molar-refractivity contribution is 14.1. The summed E-state index contributed by atoms with van der Waals surface area (Å²) in [6, 6.07) is 1.10. The van der Waals surface area contributed by atoms with Crippen LogP contribution in [-0.4, -0.2) is 4.98 Å². The van der Waals surface area contributed by atoms with E-state index in [-0.39, 0.29) is 3.57 Å². The first kappa shape index (κ1) is 12.5. The first-order valence-corrected chi connectivity index (χ1v) is 4.50. The Hall–Kier alpha value is -0.540. The fourth-order valence-corrected chi connectivity index (χ4v) is 1.38. The van der Waals surface area contributed by atoms with Crippen LogP contribution < -0.4 is 0 Å². The third-order valence-corrected chi connectivity index (χ3v) is 1.99. The molecule has 1 aromatic rings. The van der Waals surface area contributed by atoms with Gasteiger partial charge in [0.05, 0.1) is 0 Å². The average molecular weight is 341 g/mol. The van der Waals surface area contributed by atoms with E-state index >= 15 is 0 Å². The monoisotopic (exact) mass is 341 g/mol. The second-order valence-corrected chi connectivity index (χ2v) is 3.80. The Labute approximate surface area is 93.6 Å². The van der Waals surface area contributed by atoms with Crippen LogP contribution in [0.3, 0.4) is 0 Å². The molecule has 0 saturated heterocycles. The summed E-state index contributed by atoms with van der Waals surface area (Å²) in [7, 11) is 0. The van der Waals surface area contributed by atoms with Gasteiger partial charge in [-0.05, 0) is 34.7 Å². The van der Waals surface area contributed by atoms with Crippen LogP contribution in [0.5, 0.6) is 0 Å². The minimum absolute atomic E-state index is 0.165. The first-order valence-electron chi connectivity index (χ1n) is 3.42. The summed E-state index contributed by atoms with van der Waals surface area (Å²) in [5.41, 5.74) is -3.08. The molecular weight excluding hydrogens is 339 g/mol. The van der Waals surface area contributed by atoms with E-state index in [9.17, 15) is 26.3 Å². The summed E-state index contributed by atoms with van der Waals surface area (Å²) in [5.74, 6) is 0. The van der Waals surface area contributed by atoms with Crippen molar-refractivity contribution in [3.05, 3.63) is 27.1 Å². The highest BCUT2D eigenvalue weighted by Gasteiger charge is 2.38. The molecule has 1 nitrogen and oxygen atoms in total. The molecule has 0 atom stereocenters. The molecule has 0 radical (unpaired) electrons. The second-order valence-electron chi connectivity index (χ2n) is 2.55. The Balaban J connectivity index is 3.30. The number of nitrogens with zero attached hydrogens (tertiary/aromatic N) is 1. The molecule has 0 aliphatic rings. The first-order chi connectivity index (χ1) is 6.60. The van der Waals surface area contributed by atoms with Crippen molar-refractivity contribution in [3.63, 3.8) is 0 Å². The van der Waals surface area contributed by atoms with Crippen LogP contribution >= 0.6 is 22.6 Å². The quantitative estimate of drug-likeness (QED) is 0.518. The van der Waals surface area contributed by atoms with Crippen molar-refractivity contribution in [2.24, 2.45) is 0 Å². The van der Waals surface area contributed by atoms with E-state index in [0.717, 1.165) is 0 Å². The molecule has 1 heterocycles. The molecule has 0 aliphatic heterocycles. The van der Waals surface area contributed by atoms with E-state index in [1.54, 1.807) is 0 Å². The van der Waals surface area contributed by atoms with Crippen molar-refractivity contribution in [1.29, 1.82) is 0 Å². The lowest BCUT2D eigenvalue weighted by atomic mass is 10.3. The Kier molecular flexibility index (Phi) is 3.17. The standard InChI is InChI=1S/C7H2F6IN/c8-6(9,10)4-1-3(14)2-5(15-4)7(11,12)13/h1-2H. The Bertz CT molecular complexity index is 336. The van der Waals surface area contributed by atoms with Gasteiger partial charge in [-0.15, -0.1) is 0 Å². The van der Waals surface area contributed by atoms with E-state index in [2.05, 4.69) is 4.98 Å². The van der Waals surface area contributed by atoms with Gasteiger partial charge in [0.15, 0.2) is 0 Å². The second kappa shape index (κ2) is 3.80. The van der Waals surface area contributed by atoms with Crippen molar-refractivity contribution in [2.45, 2.75) is 12.4 Å². The van der Waals surface area contributed by atoms with E-state index in [0.29, 0.717) is 12.1 Å². The van der Waals surface area contributed by atoms with Gasteiger partial charge in [-0.3, -0.25) is 0 Å². The SMILES string of the molecule is FC(F)(F)c1cc(I)cc(C(F)(F)F)n1. The summed E-state index contributed by atoms with van der Waals surface area (Å²) < 4.78 is 72.5. The van der Waals surface area contributed by atoms with Crippen molar-refractivity contribution in [1.82, 2.24) is 4.98 Å². The number of hydrogen-bond acceptors (Lipinski definition) is 1. The molecule has 0 aliphatic carbocycles. The fourth-order valence-electron chi connectivity index (χ4n) is 0.788. The largest absolute Gasteiger partial charge is 0.433 e. The van der Waals surface area contributed by atoms with Gasteiger partial charge in [-0.2, -0.15) is 26.3 Å². The molecule has 1 aromatic heterocycles. The van der Waals surface area contributed by atoms with Crippen LogP contribution in [0.25, 0.3) is 0 Å². The van der Waals surface area contributed by atoms with E-state index in [4.69, 9.17) is 0 Å². The van der Waals surface area contributed by atoms with Gasteiger partial charge in [0.2, 0.25) is 0 Å². The van der Waals surface area contributed by atoms with Crippen LogP contribution in [0, 0.1) is 3.57 Å². The molecular formula is C7H2F6IN. The van der Waals surface area contributed by atoms with Gasteiger partial charge >= 0.3 is 12.4 Å². The molecule has 1 rings (SSSR count). The summed E-state index contributed by atoms with van der Waals surface area (Å²) in [5, 5.41) is 0. The summed E-state index contributed by atoms with van der Waals surface area (Å²) in [6.07, 6.45) is -9.75. The molecule has 0 aromatic carbocycles. The Morgan fingerprint density at radius 3 is 1.47 bits per heavy atom. The molecule has 0 amide bonds. The zero-order chi connectivity index (χ0) is 11.9.